The Hall–Kier alpha value is -0.120. The molecule has 1 heterocycles. The fourth-order valence-electron chi connectivity index (χ4n) is 3.60. The molecule has 1 atom stereocenters. The Labute approximate surface area is 153 Å². The van der Waals surface area contributed by atoms with Crippen molar-refractivity contribution >= 4 is 0 Å². The molecule has 2 fully saturated rings. The van der Waals surface area contributed by atoms with Crippen molar-refractivity contribution in [3.05, 3.63) is 0 Å². The van der Waals surface area contributed by atoms with Crippen LogP contribution in [0.4, 0.5) is 0 Å². The number of nitrogens with zero attached hydrogens (tertiary/aromatic N) is 2. The molecule has 1 saturated carbocycles. The topological polar surface area (TPSA) is 15.7 Å². The summed E-state index contributed by atoms with van der Waals surface area (Å²) < 4.78 is 5.19. The lowest BCUT2D eigenvalue weighted by atomic mass is 9.98. The Morgan fingerprint density at radius 1 is 0.875 bits per heavy atom. The summed E-state index contributed by atoms with van der Waals surface area (Å²) in [6.07, 6.45) is 9.99. The maximum absolute atomic E-state index is 5.19. The summed E-state index contributed by atoms with van der Waals surface area (Å²) in [6.45, 7) is 18.3. The molecule has 1 aliphatic heterocycles. The maximum Gasteiger partial charge on any atom is 0.0571 e. The molecule has 0 unspecified atom stereocenters. The molecule has 0 aromatic carbocycles. The zero-order chi connectivity index (χ0) is 18.4. The fraction of sp³-hybridized carbons (Fsp3) is 1.00. The van der Waals surface area contributed by atoms with E-state index in [1.54, 1.807) is 0 Å². The third-order valence-electron chi connectivity index (χ3n) is 5.29. The van der Waals surface area contributed by atoms with Crippen molar-refractivity contribution in [1.29, 1.82) is 0 Å². The first-order chi connectivity index (χ1) is 11.6. The van der Waals surface area contributed by atoms with Crippen LogP contribution in [0.15, 0.2) is 0 Å². The standard InChI is InChI=1S/C12H26N2.C7H14O.C2H6/c1-5-6-12(4)14-9-7-13(8-10-14)11(2)3;1-8-7-5-3-2-4-6-7;1-2/h11-12H,5-10H2,1-4H3;7H,2-6H2,1H3;1-2H3/t12-;;/m0../s1. The molecule has 0 radical (unpaired) electrons. The molecule has 3 nitrogen and oxygen atoms in total. The Morgan fingerprint density at radius 2 is 1.38 bits per heavy atom. The van der Waals surface area contributed by atoms with Crippen LogP contribution in [0.3, 0.4) is 0 Å². The molecule has 24 heavy (non-hydrogen) atoms. The van der Waals surface area contributed by atoms with Gasteiger partial charge in [-0.15, -0.1) is 0 Å². The maximum atomic E-state index is 5.19. The minimum Gasteiger partial charge on any atom is -0.381 e. The van der Waals surface area contributed by atoms with Crippen molar-refractivity contribution in [2.45, 2.75) is 105 Å². The molecule has 146 valence electrons. The van der Waals surface area contributed by atoms with E-state index in [1.165, 1.54) is 71.1 Å². The lowest BCUT2D eigenvalue weighted by Crippen LogP contribution is -2.51. The van der Waals surface area contributed by atoms with Gasteiger partial charge in [0.25, 0.3) is 0 Å². The average molecular weight is 343 g/mol. The predicted molar refractivity (Wildman–Crippen MR) is 108 cm³/mol. The van der Waals surface area contributed by atoms with Gasteiger partial charge in [-0.1, -0.05) is 46.5 Å². The van der Waals surface area contributed by atoms with Crippen LogP contribution in [0, 0.1) is 0 Å². The van der Waals surface area contributed by atoms with E-state index < -0.39 is 0 Å². The van der Waals surface area contributed by atoms with E-state index in [0.717, 1.165) is 12.1 Å². The zero-order valence-corrected chi connectivity index (χ0v) is 17.8. The lowest BCUT2D eigenvalue weighted by molar-refractivity contribution is 0.0710. The fourth-order valence-corrected chi connectivity index (χ4v) is 3.60. The van der Waals surface area contributed by atoms with Crippen LogP contribution in [0.25, 0.3) is 0 Å². The highest BCUT2D eigenvalue weighted by Gasteiger charge is 2.21. The zero-order valence-electron chi connectivity index (χ0n) is 17.8. The van der Waals surface area contributed by atoms with Crippen LogP contribution in [-0.2, 0) is 4.74 Å². The van der Waals surface area contributed by atoms with Crippen molar-refractivity contribution in [3.8, 4) is 0 Å². The highest BCUT2D eigenvalue weighted by molar-refractivity contribution is 4.77. The molecule has 0 amide bonds. The van der Waals surface area contributed by atoms with E-state index >= 15 is 0 Å². The molecule has 0 aromatic rings. The minimum absolute atomic E-state index is 0.587. The third kappa shape index (κ3) is 10.0. The Bertz CT molecular complexity index is 257. The van der Waals surface area contributed by atoms with Crippen LogP contribution < -0.4 is 0 Å². The van der Waals surface area contributed by atoms with Gasteiger partial charge >= 0.3 is 0 Å². The summed E-state index contributed by atoms with van der Waals surface area (Å²) in [5, 5.41) is 0. The van der Waals surface area contributed by atoms with Gasteiger partial charge in [0.1, 0.15) is 0 Å². The summed E-state index contributed by atoms with van der Waals surface area (Å²) in [5.74, 6) is 0. The van der Waals surface area contributed by atoms with Crippen molar-refractivity contribution < 1.29 is 4.74 Å². The summed E-state index contributed by atoms with van der Waals surface area (Å²) in [7, 11) is 1.82. The molecule has 0 bridgehead atoms. The predicted octanol–water partition coefficient (Wildman–Crippen LogP) is 5.19. The summed E-state index contributed by atoms with van der Waals surface area (Å²) in [5.41, 5.74) is 0. The van der Waals surface area contributed by atoms with Gasteiger partial charge in [-0.2, -0.15) is 0 Å². The second-order valence-corrected chi connectivity index (χ2v) is 7.30. The molecule has 0 aromatic heterocycles. The van der Waals surface area contributed by atoms with Gasteiger partial charge in [-0.3, -0.25) is 9.80 Å². The Morgan fingerprint density at radius 3 is 1.75 bits per heavy atom. The van der Waals surface area contributed by atoms with Crippen molar-refractivity contribution in [3.63, 3.8) is 0 Å². The highest BCUT2D eigenvalue weighted by atomic mass is 16.5. The summed E-state index contributed by atoms with van der Waals surface area (Å²) >= 11 is 0. The largest absolute Gasteiger partial charge is 0.381 e. The van der Waals surface area contributed by atoms with Gasteiger partial charge in [0.2, 0.25) is 0 Å². The number of hydrogen-bond donors (Lipinski definition) is 0. The van der Waals surface area contributed by atoms with Crippen LogP contribution in [0.2, 0.25) is 0 Å². The third-order valence-corrected chi connectivity index (χ3v) is 5.29. The second-order valence-electron chi connectivity index (χ2n) is 7.30. The smallest absolute Gasteiger partial charge is 0.0571 e. The Kier molecular flexibility index (Phi) is 15.1. The van der Waals surface area contributed by atoms with Crippen molar-refractivity contribution in [2.75, 3.05) is 33.3 Å². The normalized spacial score (nSPS) is 21.5. The van der Waals surface area contributed by atoms with E-state index in [-0.39, 0.29) is 0 Å². The molecular formula is C21H46N2O. The van der Waals surface area contributed by atoms with Gasteiger partial charge in [0.05, 0.1) is 6.10 Å². The van der Waals surface area contributed by atoms with Crippen LogP contribution in [-0.4, -0.2) is 61.3 Å². The molecule has 0 spiro atoms. The first kappa shape index (κ1) is 23.9. The van der Waals surface area contributed by atoms with E-state index in [0.29, 0.717) is 6.10 Å². The van der Waals surface area contributed by atoms with E-state index in [4.69, 9.17) is 4.74 Å². The van der Waals surface area contributed by atoms with Gasteiger partial charge in [0, 0.05) is 45.4 Å². The Balaban J connectivity index is 0.000000447. The van der Waals surface area contributed by atoms with Gasteiger partial charge in [-0.05, 0) is 40.0 Å². The first-order valence-electron chi connectivity index (χ1n) is 10.6. The van der Waals surface area contributed by atoms with Crippen molar-refractivity contribution in [1.82, 2.24) is 9.80 Å². The van der Waals surface area contributed by atoms with Crippen LogP contribution in [0.1, 0.15) is 86.5 Å². The molecule has 0 N–H and O–H groups in total. The molecule has 1 saturated heterocycles. The highest BCUT2D eigenvalue weighted by Crippen LogP contribution is 2.19. The van der Waals surface area contributed by atoms with Crippen molar-refractivity contribution in [2.24, 2.45) is 0 Å². The molecule has 2 rings (SSSR count). The van der Waals surface area contributed by atoms with Crippen LogP contribution >= 0.6 is 0 Å². The lowest BCUT2D eigenvalue weighted by Gasteiger charge is -2.39. The summed E-state index contributed by atoms with van der Waals surface area (Å²) in [4.78, 5) is 5.22. The molecule has 1 aliphatic carbocycles. The van der Waals surface area contributed by atoms with Gasteiger partial charge < -0.3 is 4.74 Å². The quantitative estimate of drug-likeness (QED) is 0.683. The minimum atomic E-state index is 0.587. The first-order valence-corrected chi connectivity index (χ1v) is 10.6. The van der Waals surface area contributed by atoms with E-state index in [1.807, 2.05) is 21.0 Å². The van der Waals surface area contributed by atoms with E-state index in [2.05, 4.69) is 37.5 Å². The summed E-state index contributed by atoms with van der Waals surface area (Å²) in [6, 6.07) is 1.51. The van der Waals surface area contributed by atoms with E-state index in [9.17, 15) is 0 Å². The van der Waals surface area contributed by atoms with Gasteiger partial charge in [-0.25, -0.2) is 0 Å². The number of methoxy groups -OCH3 is 1. The molecule has 3 heteroatoms. The number of ether oxygens (including phenoxy) is 1. The van der Waals surface area contributed by atoms with Crippen LogP contribution in [0.5, 0.6) is 0 Å². The monoisotopic (exact) mass is 342 g/mol. The molecular weight excluding hydrogens is 296 g/mol. The number of hydrogen-bond acceptors (Lipinski definition) is 3. The second kappa shape index (κ2) is 15.2. The molecule has 2 aliphatic rings. The average Bonchev–Trinajstić information content (AvgIpc) is 2.65. The SMILES string of the molecule is CC.CCC[C@H](C)N1CCN(C(C)C)CC1.COC1CCCCC1. The number of rotatable bonds is 5. The van der Waals surface area contributed by atoms with Gasteiger partial charge in [0.15, 0.2) is 0 Å². The number of piperazine rings is 1.